The fourth-order valence-electron chi connectivity index (χ4n) is 1.75. The Labute approximate surface area is 143 Å². The van der Waals surface area contributed by atoms with Gasteiger partial charge < -0.3 is 14.8 Å². The van der Waals surface area contributed by atoms with E-state index >= 15 is 0 Å². The van der Waals surface area contributed by atoms with E-state index in [0.717, 1.165) is 18.6 Å². The molecule has 0 spiro atoms. The highest BCUT2D eigenvalue weighted by Gasteiger charge is 2.07. The molecule has 0 atom stereocenters. The van der Waals surface area contributed by atoms with Gasteiger partial charge in [0.05, 0.1) is 6.61 Å². The zero-order valence-electron chi connectivity index (χ0n) is 14.1. The van der Waals surface area contributed by atoms with Crippen molar-refractivity contribution in [1.82, 2.24) is 10.6 Å². The standard InChI is InChI=1S/C17H26N2O3S/c1-13(2)9-12-22-15-7-5-14(6-8-15)16(20)19-17(23)18-10-4-11-21-3/h5-8,13H,4,9-12H2,1-3H3,(H2,18,19,20,23). The molecule has 6 heteroatoms. The van der Waals surface area contributed by atoms with E-state index in [4.69, 9.17) is 21.7 Å². The van der Waals surface area contributed by atoms with Crippen LogP contribution in [-0.4, -0.2) is 37.9 Å². The summed E-state index contributed by atoms with van der Waals surface area (Å²) in [4.78, 5) is 12.1. The molecule has 1 amide bonds. The number of hydrogen-bond acceptors (Lipinski definition) is 4. The maximum atomic E-state index is 12.1. The molecule has 5 nitrogen and oxygen atoms in total. The predicted molar refractivity (Wildman–Crippen MR) is 96.0 cm³/mol. The van der Waals surface area contributed by atoms with E-state index in [1.807, 2.05) is 0 Å². The van der Waals surface area contributed by atoms with Gasteiger partial charge in [0.1, 0.15) is 5.75 Å². The molecule has 0 saturated carbocycles. The van der Waals surface area contributed by atoms with Crippen LogP contribution < -0.4 is 15.4 Å². The second-order valence-corrected chi connectivity index (χ2v) is 6.02. The van der Waals surface area contributed by atoms with Crippen molar-refractivity contribution in [2.45, 2.75) is 26.7 Å². The number of ether oxygens (including phenoxy) is 2. The lowest BCUT2D eigenvalue weighted by Crippen LogP contribution is -2.39. The zero-order valence-corrected chi connectivity index (χ0v) is 14.9. The Kier molecular flexibility index (Phi) is 9.24. The van der Waals surface area contributed by atoms with Gasteiger partial charge in [0.15, 0.2) is 5.11 Å². The number of nitrogens with one attached hydrogen (secondary N) is 2. The van der Waals surface area contributed by atoms with E-state index in [9.17, 15) is 4.79 Å². The van der Waals surface area contributed by atoms with Crippen LogP contribution in [0.15, 0.2) is 24.3 Å². The zero-order chi connectivity index (χ0) is 17.1. The lowest BCUT2D eigenvalue weighted by Gasteiger charge is -2.10. The van der Waals surface area contributed by atoms with Crippen LogP contribution in [0.1, 0.15) is 37.0 Å². The van der Waals surface area contributed by atoms with Crippen LogP contribution in [0.2, 0.25) is 0 Å². The normalized spacial score (nSPS) is 10.4. The molecule has 23 heavy (non-hydrogen) atoms. The average Bonchev–Trinajstić information content (AvgIpc) is 2.52. The summed E-state index contributed by atoms with van der Waals surface area (Å²) in [6, 6.07) is 7.05. The van der Waals surface area contributed by atoms with E-state index in [2.05, 4.69) is 24.5 Å². The van der Waals surface area contributed by atoms with Gasteiger partial charge in [-0.2, -0.15) is 0 Å². The highest BCUT2D eigenvalue weighted by Crippen LogP contribution is 2.13. The van der Waals surface area contributed by atoms with Crippen molar-refractivity contribution in [2.75, 3.05) is 26.9 Å². The summed E-state index contributed by atoms with van der Waals surface area (Å²) < 4.78 is 10.6. The molecule has 0 saturated heterocycles. The van der Waals surface area contributed by atoms with Crippen LogP contribution >= 0.6 is 12.2 Å². The Morgan fingerprint density at radius 3 is 2.52 bits per heavy atom. The van der Waals surface area contributed by atoms with Gasteiger partial charge in [0.2, 0.25) is 0 Å². The van der Waals surface area contributed by atoms with Crippen molar-refractivity contribution in [1.29, 1.82) is 0 Å². The van der Waals surface area contributed by atoms with E-state index in [1.54, 1.807) is 31.4 Å². The Morgan fingerprint density at radius 1 is 1.22 bits per heavy atom. The summed E-state index contributed by atoms with van der Waals surface area (Å²) in [5.74, 6) is 1.14. The first-order valence-electron chi connectivity index (χ1n) is 7.84. The van der Waals surface area contributed by atoms with Crippen molar-refractivity contribution in [3.05, 3.63) is 29.8 Å². The van der Waals surface area contributed by atoms with Crippen LogP contribution in [0.5, 0.6) is 5.75 Å². The molecule has 0 heterocycles. The lowest BCUT2D eigenvalue weighted by molar-refractivity contribution is 0.0976. The number of thiocarbonyl (C=S) groups is 1. The molecular weight excluding hydrogens is 312 g/mol. The van der Waals surface area contributed by atoms with Gasteiger partial charge in [-0.1, -0.05) is 13.8 Å². The minimum atomic E-state index is -0.233. The van der Waals surface area contributed by atoms with Gasteiger partial charge in [-0.3, -0.25) is 10.1 Å². The van der Waals surface area contributed by atoms with E-state index < -0.39 is 0 Å². The Morgan fingerprint density at radius 2 is 1.91 bits per heavy atom. The molecule has 1 aromatic carbocycles. The third-order valence-corrected chi connectivity index (χ3v) is 3.36. The monoisotopic (exact) mass is 338 g/mol. The van der Waals surface area contributed by atoms with Crippen molar-refractivity contribution in [3.63, 3.8) is 0 Å². The fourth-order valence-corrected chi connectivity index (χ4v) is 1.95. The SMILES string of the molecule is COCCCNC(=S)NC(=O)c1ccc(OCCC(C)C)cc1. The quantitative estimate of drug-likeness (QED) is 0.535. The number of benzene rings is 1. The predicted octanol–water partition coefficient (Wildman–Crippen LogP) is 2.75. The summed E-state index contributed by atoms with van der Waals surface area (Å²) in [6.45, 7) is 6.31. The molecule has 0 fully saturated rings. The first kappa shape index (κ1) is 19.4. The van der Waals surface area contributed by atoms with E-state index in [1.165, 1.54) is 0 Å². The number of carbonyl (C=O) groups is 1. The smallest absolute Gasteiger partial charge is 0.257 e. The number of carbonyl (C=O) groups excluding carboxylic acids is 1. The van der Waals surface area contributed by atoms with Crippen LogP contribution in [-0.2, 0) is 4.74 Å². The van der Waals surface area contributed by atoms with Crippen molar-refractivity contribution in [3.8, 4) is 5.75 Å². The molecule has 0 radical (unpaired) electrons. The van der Waals surface area contributed by atoms with Crippen LogP contribution in [0, 0.1) is 5.92 Å². The Balaban J connectivity index is 2.37. The molecule has 0 aromatic heterocycles. The number of methoxy groups -OCH3 is 1. The maximum absolute atomic E-state index is 12.1. The van der Waals surface area contributed by atoms with Crippen LogP contribution in [0.4, 0.5) is 0 Å². The first-order chi connectivity index (χ1) is 11.0. The molecule has 0 aliphatic rings. The fraction of sp³-hybridized carbons (Fsp3) is 0.529. The average molecular weight is 338 g/mol. The topological polar surface area (TPSA) is 59.6 Å². The lowest BCUT2D eigenvalue weighted by atomic mass is 10.1. The summed E-state index contributed by atoms with van der Waals surface area (Å²) in [5, 5.41) is 5.94. The molecule has 0 bridgehead atoms. The Bertz CT molecular complexity index is 489. The molecular formula is C17H26N2O3S. The van der Waals surface area contributed by atoms with Gasteiger partial charge in [-0.05, 0) is 55.2 Å². The number of rotatable bonds is 9. The second kappa shape index (κ2) is 11.0. The van der Waals surface area contributed by atoms with Gasteiger partial charge in [0.25, 0.3) is 5.91 Å². The summed E-state index contributed by atoms with van der Waals surface area (Å²) in [7, 11) is 1.65. The van der Waals surface area contributed by atoms with Crippen LogP contribution in [0.25, 0.3) is 0 Å². The second-order valence-electron chi connectivity index (χ2n) is 5.61. The van der Waals surface area contributed by atoms with Gasteiger partial charge in [-0.25, -0.2) is 0 Å². The summed E-state index contributed by atoms with van der Waals surface area (Å²) in [6.07, 6.45) is 1.83. The van der Waals surface area contributed by atoms with Gasteiger partial charge in [0, 0.05) is 25.8 Å². The third kappa shape index (κ3) is 8.52. The highest BCUT2D eigenvalue weighted by molar-refractivity contribution is 7.80. The molecule has 1 rings (SSSR count). The minimum absolute atomic E-state index is 0.233. The van der Waals surface area contributed by atoms with Crippen molar-refractivity contribution in [2.24, 2.45) is 5.92 Å². The first-order valence-corrected chi connectivity index (χ1v) is 8.24. The summed E-state index contributed by atoms with van der Waals surface area (Å²) >= 11 is 5.08. The number of hydrogen-bond donors (Lipinski definition) is 2. The van der Waals surface area contributed by atoms with Crippen molar-refractivity contribution >= 4 is 23.2 Å². The molecule has 128 valence electrons. The minimum Gasteiger partial charge on any atom is -0.494 e. The molecule has 2 N–H and O–H groups in total. The summed E-state index contributed by atoms with van der Waals surface area (Å²) in [5.41, 5.74) is 0.544. The van der Waals surface area contributed by atoms with Crippen LogP contribution in [0.3, 0.4) is 0 Å². The van der Waals surface area contributed by atoms with Gasteiger partial charge in [-0.15, -0.1) is 0 Å². The van der Waals surface area contributed by atoms with E-state index in [-0.39, 0.29) is 5.91 Å². The molecule has 0 aliphatic heterocycles. The Hall–Kier alpha value is -1.66. The number of amides is 1. The highest BCUT2D eigenvalue weighted by atomic mass is 32.1. The molecule has 0 aliphatic carbocycles. The van der Waals surface area contributed by atoms with E-state index in [0.29, 0.717) is 36.4 Å². The molecule has 1 aromatic rings. The maximum Gasteiger partial charge on any atom is 0.257 e. The largest absolute Gasteiger partial charge is 0.494 e. The van der Waals surface area contributed by atoms with Crippen molar-refractivity contribution < 1.29 is 14.3 Å². The van der Waals surface area contributed by atoms with Gasteiger partial charge >= 0.3 is 0 Å². The molecule has 0 unspecified atom stereocenters. The third-order valence-electron chi connectivity index (χ3n) is 3.12.